The number of hydrogen-bond acceptors (Lipinski definition) is 3. The highest BCUT2D eigenvalue weighted by atomic mass is 19.4. The molecule has 0 spiro atoms. The van der Waals surface area contributed by atoms with Crippen molar-refractivity contribution < 1.29 is 22.8 Å². The summed E-state index contributed by atoms with van der Waals surface area (Å²) in [6.45, 7) is 1.87. The molecule has 2 amide bonds. The van der Waals surface area contributed by atoms with Crippen molar-refractivity contribution in [2.24, 2.45) is 5.92 Å². The van der Waals surface area contributed by atoms with Gasteiger partial charge in [-0.2, -0.15) is 13.2 Å². The van der Waals surface area contributed by atoms with E-state index in [9.17, 15) is 22.8 Å². The average Bonchev–Trinajstić information content (AvgIpc) is 3.36. The predicted molar refractivity (Wildman–Crippen MR) is 101 cm³/mol. The van der Waals surface area contributed by atoms with Gasteiger partial charge in [0.25, 0.3) is 11.6 Å². The first-order chi connectivity index (χ1) is 13.8. The summed E-state index contributed by atoms with van der Waals surface area (Å²) in [6, 6.07) is 4.89. The zero-order valence-corrected chi connectivity index (χ0v) is 16.1. The van der Waals surface area contributed by atoms with E-state index < -0.39 is 23.7 Å². The van der Waals surface area contributed by atoms with E-state index in [2.05, 4.69) is 10.3 Å². The topological polar surface area (TPSA) is 76.0 Å². The molecule has 156 valence electrons. The van der Waals surface area contributed by atoms with Crippen LogP contribution in [-0.2, 0) is 21.7 Å². The molecule has 9 heteroatoms. The maximum Gasteiger partial charge on any atom is 0.440 e. The van der Waals surface area contributed by atoms with Gasteiger partial charge in [-0.3, -0.25) is 19.5 Å². The van der Waals surface area contributed by atoms with Crippen molar-refractivity contribution in [1.82, 2.24) is 14.9 Å². The summed E-state index contributed by atoms with van der Waals surface area (Å²) < 4.78 is 43.7. The van der Waals surface area contributed by atoms with Gasteiger partial charge in [-0.1, -0.05) is 44.7 Å². The summed E-state index contributed by atoms with van der Waals surface area (Å²) in [6.07, 6.45) is 0.186. The first-order valence-corrected chi connectivity index (χ1v) is 9.98. The van der Waals surface area contributed by atoms with Gasteiger partial charge in [-0.15, -0.1) is 0 Å². The fourth-order valence-corrected chi connectivity index (χ4v) is 4.50. The highest BCUT2D eigenvalue weighted by Gasteiger charge is 2.67. The molecule has 1 aromatic heterocycles. The lowest BCUT2D eigenvalue weighted by Crippen LogP contribution is -2.63. The fraction of sp³-hybridized carbons (Fsp3) is 0.550. The van der Waals surface area contributed by atoms with Crippen molar-refractivity contribution in [3.8, 4) is 0 Å². The number of alkyl halides is 3. The number of benzene rings is 1. The molecule has 0 saturated heterocycles. The Morgan fingerprint density at radius 3 is 2.72 bits per heavy atom. The van der Waals surface area contributed by atoms with Crippen molar-refractivity contribution in [3.05, 3.63) is 23.8 Å². The van der Waals surface area contributed by atoms with Crippen LogP contribution in [0.15, 0.2) is 18.2 Å². The molecule has 2 N–H and O–H groups in total. The largest absolute Gasteiger partial charge is 0.440 e. The molecule has 2 heterocycles. The van der Waals surface area contributed by atoms with E-state index in [1.54, 1.807) is 12.1 Å². The molecule has 29 heavy (non-hydrogen) atoms. The van der Waals surface area contributed by atoms with E-state index in [-0.39, 0.29) is 17.9 Å². The summed E-state index contributed by atoms with van der Waals surface area (Å²) in [5.74, 6) is -1.98. The third-order valence-corrected chi connectivity index (χ3v) is 6.02. The number of anilines is 1. The highest BCUT2D eigenvalue weighted by Crippen LogP contribution is 2.44. The van der Waals surface area contributed by atoms with E-state index in [4.69, 9.17) is 0 Å². The lowest BCUT2D eigenvalue weighted by atomic mass is 10.0. The fourth-order valence-electron chi connectivity index (χ4n) is 4.50. The molecule has 6 nitrogen and oxygen atoms in total. The quantitative estimate of drug-likeness (QED) is 0.789. The average molecular weight is 408 g/mol. The second-order valence-corrected chi connectivity index (χ2v) is 7.81. The number of aryl methyl sites for hydroxylation is 1. The summed E-state index contributed by atoms with van der Waals surface area (Å²) >= 11 is 0. The number of amides is 2. The van der Waals surface area contributed by atoms with Gasteiger partial charge in [0, 0.05) is 6.42 Å². The Balaban J connectivity index is 1.73. The number of rotatable bonds is 5. The molecular formula is C20H23F3N4O2. The van der Waals surface area contributed by atoms with Crippen LogP contribution in [0.2, 0.25) is 0 Å². The summed E-state index contributed by atoms with van der Waals surface area (Å²) in [7, 11) is 0. The van der Waals surface area contributed by atoms with Gasteiger partial charge in [0.15, 0.2) is 0 Å². The van der Waals surface area contributed by atoms with E-state index in [0.717, 1.165) is 35.8 Å². The zero-order valence-electron chi connectivity index (χ0n) is 16.1. The molecule has 4 rings (SSSR count). The van der Waals surface area contributed by atoms with Crippen LogP contribution in [0.1, 0.15) is 51.0 Å². The summed E-state index contributed by atoms with van der Waals surface area (Å²) in [5, 5.41) is 4.24. The smallest absolute Gasteiger partial charge is 0.317 e. The minimum absolute atomic E-state index is 0.0437. The number of nitrogens with zero attached hydrogens (tertiary/aromatic N) is 2. The van der Waals surface area contributed by atoms with Crippen molar-refractivity contribution in [2.45, 2.75) is 63.7 Å². The third-order valence-electron chi connectivity index (χ3n) is 6.02. The van der Waals surface area contributed by atoms with Crippen LogP contribution < -0.4 is 10.6 Å². The molecule has 0 bridgehead atoms. The minimum atomic E-state index is -5.04. The molecular weight excluding hydrogens is 385 g/mol. The van der Waals surface area contributed by atoms with Crippen LogP contribution in [0.4, 0.5) is 19.1 Å². The minimum Gasteiger partial charge on any atom is -0.317 e. The first-order valence-electron chi connectivity index (χ1n) is 9.98. The Morgan fingerprint density at radius 2 is 2.07 bits per heavy atom. The molecule has 1 fully saturated rings. The Hall–Kier alpha value is -2.58. The Bertz CT molecular complexity index is 963. The van der Waals surface area contributed by atoms with Crippen LogP contribution in [0, 0.1) is 5.92 Å². The number of nitrogens with one attached hydrogen (secondary N) is 2. The van der Waals surface area contributed by atoms with Crippen LogP contribution in [0.5, 0.6) is 0 Å². The normalized spacial score (nSPS) is 22.1. The van der Waals surface area contributed by atoms with Crippen LogP contribution in [0.25, 0.3) is 11.0 Å². The predicted octanol–water partition coefficient (Wildman–Crippen LogP) is 3.85. The summed E-state index contributed by atoms with van der Waals surface area (Å²) in [4.78, 5) is 29.3. The number of hydrogen-bond donors (Lipinski definition) is 2. The van der Waals surface area contributed by atoms with E-state index in [1.165, 1.54) is 6.07 Å². The second kappa shape index (κ2) is 7.03. The molecule has 1 aliphatic heterocycles. The lowest BCUT2D eigenvalue weighted by molar-refractivity contribution is -0.217. The molecule has 1 atom stereocenters. The van der Waals surface area contributed by atoms with E-state index >= 15 is 0 Å². The number of imidazole rings is 1. The number of carbonyl (C=O) groups excluding carboxylic acids is 2. The molecule has 0 radical (unpaired) electrons. The maximum absolute atomic E-state index is 14.3. The molecule has 1 aliphatic carbocycles. The van der Waals surface area contributed by atoms with Gasteiger partial charge in [0.05, 0.1) is 11.0 Å². The Morgan fingerprint density at radius 1 is 1.34 bits per heavy atom. The van der Waals surface area contributed by atoms with Gasteiger partial charge >= 0.3 is 6.18 Å². The molecule has 2 aliphatic rings. The number of halogens is 3. The molecule has 1 unspecified atom stereocenters. The monoisotopic (exact) mass is 408 g/mol. The number of aromatic nitrogens is 2. The van der Waals surface area contributed by atoms with Crippen molar-refractivity contribution >= 4 is 28.8 Å². The van der Waals surface area contributed by atoms with Crippen LogP contribution >= 0.6 is 0 Å². The third kappa shape index (κ3) is 3.07. The van der Waals surface area contributed by atoms with Crippen molar-refractivity contribution in [2.75, 3.05) is 5.32 Å². The van der Waals surface area contributed by atoms with Gasteiger partial charge in [-0.05, 0) is 30.4 Å². The summed E-state index contributed by atoms with van der Waals surface area (Å²) in [5.41, 5.74) is -1.89. The number of carbonyl (C=O) groups is 2. The Kier molecular flexibility index (Phi) is 4.78. The second-order valence-electron chi connectivity index (χ2n) is 7.81. The molecule has 1 aromatic carbocycles. The van der Waals surface area contributed by atoms with Gasteiger partial charge in [0.2, 0.25) is 11.9 Å². The SMILES string of the molecule is CCc1cccc2c1nc1n2C(NC(=O)CCC2CCCC2)(C(F)(F)F)C(=O)N1. The Labute approximate surface area is 165 Å². The van der Waals surface area contributed by atoms with Crippen LogP contribution in [0.3, 0.4) is 0 Å². The van der Waals surface area contributed by atoms with E-state index in [0.29, 0.717) is 24.3 Å². The van der Waals surface area contributed by atoms with Gasteiger partial charge < -0.3 is 5.32 Å². The molecule has 1 saturated carbocycles. The zero-order chi connectivity index (χ0) is 20.8. The molecule has 2 aromatic rings. The first kappa shape index (κ1) is 19.7. The highest BCUT2D eigenvalue weighted by molar-refractivity contribution is 6.05. The van der Waals surface area contributed by atoms with Gasteiger partial charge in [-0.25, -0.2) is 4.98 Å². The van der Waals surface area contributed by atoms with Crippen LogP contribution in [-0.4, -0.2) is 27.5 Å². The lowest BCUT2D eigenvalue weighted by Gasteiger charge is -2.32. The van der Waals surface area contributed by atoms with Crippen molar-refractivity contribution in [1.29, 1.82) is 0 Å². The van der Waals surface area contributed by atoms with E-state index in [1.807, 2.05) is 12.2 Å². The van der Waals surface area contributed by atoms with Gasteiger partial charge in [0.1, 0.15) is 0 Å². The number of para-hydroxylation sites is 1. The number of fused-ring (bicyclic) bond motifs is 3. The van der Waals surface area contributed by atoms with Crippen molar-refractivity contribution in [3.63, 3.8) is 0 Å². The maximum atomic E-state index is 14.3. The standard InChI is InChI=1S/C20H23F3N4O2/c1-2-13-8-5-9-14-16(13)24-18-25-17(29)19(27(14)18,20(21,22)23)26-15(28)11-10-12-6-3-4-7-12/h5,8-9,12H,2-4,6-7,10-11H2,1H3,(H,26,28)(H,24,25,29).